The maximum absolute atomic E-state index is 12.6. The quantitative estimate of drug-likeness (QED) is 0.545. The molecule has 0 aliphatic carbocycles. The molecule has 1 heterocycles. The van der Waals surface area contributed by atoms with E-state index in [1.807, 2.05) is 13.8 Å². The molecule has 2 aromatic rings. The standard InChI is InChI=1S/C20H18Cl2N2O3/c1-3-12(2)27-18-8-7-13(9-16(18)22)10-17-19(25)24(20(26)23-17)15-6-4-5-14(21)11-15/h4-12H,3H2,1-2H3,(H,23,26)/b17-10+/t12-/m1/s1. The zero-order valence-corrected chi connectivity index (χ0v) is 16.3. The van der Waals surface area contributed by atoms with Gasteiger partial charge in [-0.2, -0.15) is 0 Å². The summed E-state index contributed by atoms with van der Waals surface area (Å²) in [7, 11) is 0. The third-order valence-electron chi connectivity index (χ3n) is 4.11. The smallest absolute Gasteiger partial charge is 0.333 e. The van der Waals surface area contributed by atoms with Gasteiger partial charge in [0.25, 0.3) is 5.91 Å². The van der Waals surface area contributed by atoms with Gasteiger partial charge in [-0.3, -0.25) is 4.79 Å². The number of carbonyl (C=O) groups is 2. The predicted octanol–water partition coefficient (Wildman–Crippen LogP) is 5.27. The number of rotatable bonds is 5. The van der Waals surface area contributed by atoms with E-state index in [9.17, 15) is 9.59 Å². The molecule has 0 radical (unpaired) electrons. The van der Waals surface area contributed by atoms with Crippen LogP contribution in [0.3, 0.4) is 0 Å². The summed E-state index contributed by atoms with van der Waals surface area (Å²) in [5, 5.41) is 3.45. The van der Waals surface area contributed by atoms with Crippen molar-refractivity contribution >= 4 is 46.9 Å². The van der Waals surface area contributed by atoms with Gasteiger partial charge in [0.2, 0.25) is 0 Å². The van der Waals surface area contributed by atoms with E-state index in [0.717, 1.165) is 11.3 Å². The van der Waals surface area contributed by atoms with Crippen LogP contribution in [0.2, 0.25) is 10.0 Å². The summed E-state index contributed by atoms with van der Waals surface area (Å²) < 4.78 is 5.73. The van der Waals surface area contributed by atoms with E-state index in [0.29, 0.717) is 27.0 Å². The van der Waals surface area contributed by atoms with Crippen molar-refractivity contribution in [1.82, 2.24) is 5.32 Å². The first-order valence-electron chi connectivity index (χ1n) is 8.48. The minimum absolute atomic E-state index is 0.0497. The molecule has 0 aromatic heterocycles. The van der Waals surface area contributed by atoms with E-state index in [4.69, 9.17) is 27.9 Å². The van der Waals surface area contributed by atoms with Crippen LogP contribution in [0.15, 0.2) is 48.2 Å². The molecule has 1 N–H and O–H groups in total. The Morgan fingerprint density at radius 2 is 1.96 bits per heavy atom. The number of urea groups is 1. The Kier molecular flexibility index (Phi) is 5.73. The molecule has 3 amide bonds. The van der Waals surface area contributed by atoms with Gasteiger partial charge in [-0.1, -0.05) is 42.3 Å². The average molecular weight is 405 g/mol. The largest absolute Gasteiger partial charge is 0.489 e. The van der Waals surface area contributed by atoms with Gasteiger partial charge >= 0.3 is 6.03 Å². The molecule has 3 rings (SSSR count). The van der Waals surface area contributed by atoms with E-state index >= 15 is 0 Å². The van der Waals surface area contributed by atoms with E-state index in [1.165, 1.54) is 0 Å². The molecule has 1 saturated heterocycles. The van der Waals surface area contributed by atoms with Gasteiger partial charge in [-0.15, -0.1) is 0 Å². The predicted molar refractivity (Wildman–Crippen MR) is 107 cm³/mol. The lowest BCUT2D eigenvalue weighted by Crippen LogP contribution is -2.30. The number of anilines is 1. The number of carbonyl (C=O) groups excluding carboxylic acids is 2. The highest BCUT2D eigenvalue weighted by molar-refractivity contribution is 6.33. The second-order valence-electron chi connectivity index (χ2n) is 6.14. The van der Waals surface area contributed by atoms with Gasteiger partial charge < -0.3 is 10.1 Å². The Balaban J connectivity index is 1.84. The molecule has 2 aromatic carbocycles. The molecule has 1 atom stereocenters. The molecule has 5 nitrogen and oxygen atoms in total. The number of hydrogen-bond donors (Lipinski definition) is 1. The first-order valence-corrected chi connectivity index (χ1v) is 9.23. The molecule has 0 bridgehead atoms. The maximum atomic E-state index is 12.6. The van der Waals surface area contributed by atoms with Crippen molar-refractivity contribution in [2.75, 3.05) is 4.90 Å². The monoisotopic (exact) mass is 404 g/mol. The molecule has 0 saturated carbocycles. The number of ether oxygens (including phenoxy) is 1. The second kappa shape index (κ2) is 8.03. The number of hydrogen-bond acceptors (Lipinski definition) is 3. The molecule has 27 heavy (non-hydrogen) atoms. The topological polar surface area (TPSA) is 58.6 Å². The van der Waals surface area contributed by atoms with Crippen LogP contribution >= 0.6 is 23.2 Å². The van der Waals surface area contributed by atoms with Crippen LogP contribution in [-0.2, 0) is 4.79 Å². The number of amides is 3. The summed E-state index contributed by atoms with van der Waals surface area (Å²) in [6, 6.07) is 11.2. The zero-order valence-electron chi connectivity index (χ0n) is 14.8. The van der Waals surface area contributed by atoms with Crippen LogP contribution in [-0.4, -0.2) is 18.0 Å². The Hall–Kier alpha value is -2.50. The Morgan fingerprint density at radius 1 is 1.19 bits per heavy atom. The fourth-order valence-electron chi connectivity index (χ4n) is 2.55. The van der Waals surface area contributed by atoms with Crippen LogP contribution in [0.1, 0.15) is 25.8 Å². The van der Waals surface area contributed by atoms with Crippen LogP contribution in [0.25, 0.3) is 6.08 Å². The number of nitrogens with zero attached hydrogens (tertiary/aromatic N) is 1. The molecule has 1 aliphatic rings. The van der Waals surface area contributed by atoms with Crippen LogP contribution in [0.5, 0.6) is 5.75 Å². The molecule has 0 unspecified atom stereocenters. The summed E-state index contributed by atoms with van der Waals surface area (Å²) in [5.41, 5.74) is 1.24. The summed E-state index contributed by atoms with van der Waals surface area (Å²) in [5.74, 6) is 0.119. The molecule has 0 spiro atoms. The first kappa shape index (κ1) is 19.3. The molecular formula is C20H18Cl2N2O3. The number of benzene rings is 2. The normalized spacial score (nSPS) is 16.6. The fraction of sp³-hybridized carbons (Fsp3) is 0.200. The molecular weight excluding hydrogens is 387 g/mol. The highest BCUT2D eigenvalue weighted by Gasteiger charge is 2.34. The summed E-state index contributed by atoms with van der Waals surface area (Å²) in [6.07, 6.45) is 2.49. The van der Waals surface area contributed by atoms with Gasteiger partial charge in [-0.25, -0.2) is 9.69 Å². The zero-order chi connectivity index (χ0) is 19.6. The Bertz CT molecular complexity index is 927. The first-order chi connectivity index (χ1) is 12.9. The van der Waals surface area contributed by atoms with Crippen molar-refractivity contribution in [3.05, 3.63) is 63.8 Å². The van der Waals surface area contributed by atoms with E-state index in [2.05, 4.69) is 5.32 Å². The SMILES string of the molecule is CC[C@@H](C)Oc1ccc(/C=C2/NC(=O)N(c3cccc(Cl)c3)C2=O)cc1Cl. The summed E-state index contributed by atoms with van der Waals surface area (Å²) in [4.78, 5) is 25.9. The molecule has 1 aliphatic heterocycles. The number of imide groups is 1. The van der Waals surface area contributed by atoms with Crippen molar-refractivity contribution in [2.24, 2.45) is 0 Å². The van der Waals surface area contributed by atoms with Gasteiger partial charge in [0.1, 0.15) is 11.4 Å². The third kappa shape index (κ3) is 4.26. The highest BCUT2D eigenvalue weighted by Crippen LogP contribution is 2.29. The van der Waals surface area contributed by atoms with Gasteiger partial charge in [0, 0.05) is 5.02 Å². The molecule has 140 valence electrons. The second-order valence-corrected chi connectivity index (χ2v) is 6.98. The van der Waals surface area contributed by atoms with Crippen molar-refractivity contribution in [1.29, 1.82) is 0 Å². The van der Waals surface area contributed by atoms with Gasteiger partial charge in [-0.05, 0) is 55.3 Å². The lowest BCUT2D eigenvalue weighted by molar-refractivity contribution is -0.113. The van der Waals surface area contributed by atoms with E-state index in [1.54, 1.807) is 48.5 Å². The van der Waals surface area contributed by atoms with E-state index < -0.39 is 11.9 Å². The molecule has 7 heteroatoms. The fourth-order valence-corrected chi connectivity index (χ4v) is 2.97. The number of nitrogens with one attached hydrogen (secondary N) is 1. The Morgan fingerprint density at radius 3 is 2.63 bits per heavy atom. The minimum atomic E-state index is -0.531. The Labute approximate surface area is 167 Å². The van der Waals surface area contributed by atoms with Crippen molar-refractivity contribution in [2.45, 2.75) is 26.4 Å². The maximum Gasteiger partial charge on any atom is 0.333 e. The van der Waals surface area contributed by atoms with Crippen molar-refractivity contribution in [3.8, 4) is 5.75 Å². The number of halogens is 2. The van der Waals surface area contributed by atoms with Crippen LogP contribution in [0, 0.1) is 0 Å². The summed E-state index contributed by atoms with van der Waals surface area (Å²) >= 11 is 12.2. The van der Waals surface area contributed by atoms with Gasteiger partial charge in [0.05, 0.1) is 16.8 Å². The van der Waals surface area contributed by atoms with Gasteiger partial charge in [0.15, 0.2) is 0 Å². The van der Waals surface area contributed by atoms with Crippen molar-refractivity contribution in [3.63, 3.8) is 0 Å². The lowest BCUT2D eigenvalue weighted by atomic mass is 10.1. The summed E-state index contributed by atoms with van der Waals surface area (Å²) in [6.45, 7) is 3.99. The van der Waals surface area contributed by atoms with Crippen molar-refractivity contribution < 1.29 is 14.3 Å². The molecule has 1 fully saturated rings. The van der Waals surface area contributed by atoms with Crippen LogP contribution < -0.4 is 15.0 Å². The third-order valence-corrected chi connectivity index (χ3v) is 4.65. The highest BCUT2D eigenvalue weighted by atomic mass is 35.5. The minimum Gasteiger partial charge on any atom is -0.489 e. The van der Waals surface area contributed by atoms with E-state index in [-0.39, 0.29) is 11.8 Å². The average Bonchev–Trinajstić information content (AvgIpc) is 2.90. The van der Waals surface area contributed by atoms with Crippen LogP contribution in [0.4, 0.5) is 10.5 Å². The lowest BCUT2D eigenvalue weighted by Gasteiger charge is -2.14.